The third-order valence-electron chi connectivity index (χ3n) is 3.60. The predicted molar refractivity (Wildman–Crippen MR) is 79.5 cm³/mol. The van der Waals surface area contributed by atoms with Crippen LogP contribution in [-0.2, 0) is 16.4 Å². The summed E-state index contributed by atoms with van der Waals surface area (Å²) in [6.07, 6.45) is 0.581. The number of aromatic nitrogens is 2. The summed E-state index contributed by atoms with van der Waals surface area (Å²) in [4.78, 5) is 0.164. The summed E-state index contributed by atoms with van der Waals surface area (Å²) in [6, 6.07) is 4.57. The van der Waals surface area contributed by atoms with Gasteiger partial charge in [0.05, 0.1) is 10.6 Å². The van der Waals surface area contributed by atoms with Crippen molar-refractivity contribution >= 4 is 10.0 Å². The van der Waals surface area contributed by atoms with Crippen LogP contribution in [0.5, 0.6) is 11.5 Å². The van der Waals surface area contributed by atoms with Crippen LogP contribution in [0.2, 0.25) is 0 Å². The number of aryl methyl sites for hydroxylation is 2. The highest BCUT2D eigenvalue weighted by atomic mass is 32.2. The Hall–Kier alpha value is -2.06. The van der Waals surface area contributed by atoms with E-state index in [9.17, 15) is 8.42 Å². The largest absolute Gasteiger partial charge is 0.454 e. The van der Waals surface area contributed by atoms with Gasteiger partial charge in [-0.15, -0.1) is 0 Å². The highest BCUT2D eigenvalue weighted by Gasteiger charge is 2.20. The second-order valence-corrected chi connectivity index (χ2v) is 6.84. The Morgan fingerprint density at radius 3 is 2.77 bits per heavy atom. The SMILES string of the molecule is Cc1n[nH]c(C)c1CCNS(=O)(=O)c1ccc2c(c1)OCO2. The van der Waals surface area contributed by atoms with Crippen LogP contribution in [0.1, 0.15) is 17.0 Å². The third-order valence-corrected chi connectivity index (χ3v) is 5.06. The maximum atomic E-state index is 12.3. The zero-order chi connectivity index (χ0) is 15.7. The zero-order valence-electron chi connectivity index (χ0n) is 12.3. The number of benzene rings is 1. The smallest absolute Gasteiger partial charge is 0.240 e. The van der Waals surface area contributed by atoms with Gasteiger partial charge in [-0.3, -0.25) is 5.10 Å². The Balaban J connectivity index is 1.69. The maximum Gasteiger partial charge on any atom is 0.240 e. The predicted octanol–water partition coefficient (Wildman–Crippen LogP) is 1.28. The van der Waals surface area contributed by atoms with Crippen molar-refractivity contribution in [1.29, 1.82) is 0 Å². The van der Waals surface area contributed by atoms with Crippen LogP contribution < -0.4 is 14.2 Å². The summed E-state index contributed by atoms with van der Waals surface area (Å²) in [5.74, 6) is 1.01. The van der Waals surface area contributed by atoms with Gasteiger partial charge < -0.3 is 9.47 Å². The lowest BCUT2D eigenvalue weighted by molar-refractivity contribution is 0.174. The van der Waals surface area contributed by atoms with Crippen LogP contribution in [0, 0.1) is 13.8 Å². The Morgan fingerprint density at radius 1 is 1.27 bits per heavy atom. The molecule has 2 aromatic rings. The van der Waals surface area contributed by atoms with Crippen LogP contribution in [0.3, 0.4) is 0 Å². The van der Waals surface area contributed by atoms with Crippen molar-refractivity contribution in [3.63, 3.8) is 0 Å². The van der Waals surface area contributed by atoms with Crippen LogP contribution in [0.4, 0.5) is 0 Å². The van der Waals surface area contributed by atoms with E-state index in [0.717, 1.165) is 17.0 Å². The molecule has 3 rings (SSSR count). The van der Waals surface area contributed by atoms with E-state index in [1.54, 1.807) is 6.07 Å². The molecule has 1 aromatic heterocycles. The summed E-state index contributed by atoms with van der Waals surface area (Å²) in [5, 5.41) is 6.98. The normalized spacial score (nSPS) is 13.5. The highest BCUT2D eigenvalue weighted by molar-refractivity contribution is 7.89. The minimum absolute atomic E-state index is 0.116. The van der Waals surface area contributed by atoms with E-state index in [0.29, 0.717) is 24.5 Å². The number of ether oxygens (including phenoxy) is 2. The van der Waals surface area contributed by atoms with E-state index in [2.05, 4.69) is 14.9 Å². The van der Waals surface area contributed by atoms with Gasteiger partial charge in [-0.1, -0.05) is 0 Å². The van der Waals surface area contributed by atoms with Crippen molar-refractivity contribution in [3.8, 4) is 11.5 Å². The number of nitrogens with one attached hydrogen (secondary N) is 2. The van der Waals surface area contributed by atoms with E-state index in [1.165, 1.54) is 12.1 Å². The Kier molecular flexibility index (Phi) is 3.79. The molecular weight excluding hydrogens is 306 g/mol. The van der Waals surface area contributed by atoms with E-state index in [4.69, 9.17) is 9.47 Å². The molecule has 118 valence electrons. The molecule has 0 aliphatic carbocycles. The molecule has 0 saturated heterocycles. The molecule has 2 heterocycles. The number of fused-ring (bicyclic) bond motifs is 1. The zero-order valence-corrected chi connectivity index (χ0v) is 13.2. The first-order chi connectivity index (χ1) is 10.5. The molecule has 0 amide bonds. The second-order valence-electron chi connectivity index (χ2n) is 5.08. The highest BCUT2D eigenvalue weighted by Crippen LogP contribution is 2.33. The number of nitrogens with zero attached hydrogens (tertiary/aromatic N) is 1. The molecule has 0 fully saturated rings. The molecule has 1 aromatic carbocycles. The van der Waals surface area contributed by atoms with Crippen LogP contribution in [0.15, 0.2) is 23.1 Å². The molecule has 0 unspecified atom stereocenters. The summed E-state index contributed by atoms with van der Waals surface area (Å²) in [6.45, 7) is 4.23. The van der Waals surface area contributed by atoms with Gasteiger partial charge in [-0.2, -0.15) is 5.10 Å². The van der Waals surface area contributed by atoms with Crippen molar-refractivity contribution < 1.29 is 17.9 Å². The van der Waals surface area contributed by atoms with Crippen molar-refractivity contribution in [3.05, 3.63) is 35.2 Å². The quantitative estimate of drug-likeness (QED) is 0.864. The number of rotatable bonds is 5. The molecule has 8 heteroatoms. The third kappa shape index (κ3) is 2.79. The molecule has 0 radical (unpaired) electrons. The fourth-order valence-corrected chi connectivity index (χ4v) is 3.43. The lowest BCUT2D eigenvalue weighted by atomic mass is 10.1. The van der Waals surface area contributed by atoms with E-state index >= 15 is 0 Å². The topological polar surface area (TPSA) is 93.3 Å². The van der Waals surface area contributed by atoms with Gasteiger partial charge in [0.15, 0.2) is 11.5 Å². The van der Waals surface area contributed by atoms with E-state index < -0.39 is 10.0 Å². The molecule has 7 nitrogen and oxygen atoms in total. The van der Waals surface area contributed by atoms with Crippen molar-refractivity contribution in [2.45, 2.75) is 25.2 Å². The first-order valence-electron chi connectivity index (χ1n) is 6.87. The molecule has 22 heavy (non-hydrogen) atoms. The number of H-pyrrole nitrogens is 1. The second kappa shape index (κ2) is 5.62. The van der Waals surface area contributed by atoms with E-state index in [-0.39, 0.29) is 11.7 Å². The number of aromatic amines is 1. The van der Waals surface area contributed by atoms with Gasteiger partial charge in [0, 0.05) is 18.3 Å². The van der Waals surface area contributed by atoms with Gasteiger partial charge >= 0.3 is 0 Å². The van der Waals surface area contributed by atoms with Crippen LogP contribution >= 0.6 is 0 Å². The van der Waals surface area contributed by atoms with Gasteiger partial charge in [-0.05, 0) is 38.0 Å². The minimum atomic E-state index is -3.58. The lowest BCUT2D eigenvalue weighted by Gasteiger charge is -2.07. The molecule has 0 saturated carbocycles. The standard InChI is InChI=1S/C14H17N3O4S/c1-9-12(10(2)17-16-9)5-6-15-22(18,19)11-3-4-13-14(7-11)21-8-20-13/h3-4,7,15H,5-6,8H2,1-2H3,(H,16,17). The average molecular weight is 323 g/mol. The first kappa shape index (κ1) is 14.9. The maximum absolute atomic E-state index is 12.3. The Labute approximate surface area is 128 Å². The van der Waals surface area contributed by atoms with E-state index in [1.807, 2.05) is 13.8 Å². The van der Waals surface area contributed by atoms with Crippen LogP contribution in [0.25, 0.3) is 0 Å². The molecule has 0 atom stereocenters. The first-order valence-corrected chi connectivity index (χ1v) is 8.35. The molecule has 1 aliphatic heterocycles. The fraction of sp³-hybridized carbons (Fsp3) is 0.357. The molecule has 1 aliphatic rings. The summed E-state index contributed by atoms with van der Waals surface area (Å²) in [7, 11) is -3.58. The molecular formula is C14H17N3O4S. The van der Waals surface area contributed by atoms with Gasteiger partial charge in [-0.25, -0.2) is 13.1 Å². The van der Waals surface area contributed by atoms with Gasteiger partial charge in [0.25, 0.3) is 0 Å². The van der Waals surface area contributed by atoms with Crippen molar-refractivity contribution in [2.24, 2.45) is 0 Å². The summed E-state index contributed by atoms with van der Waals surface area (Å²) >= 11 is 0. The van der Waals surface area contributed by atoms with Gasteiger partial charge in [0.2, 0.25) is 16.8 Å². The number of sulfonamides is 1. The minimum Gasteiger partial charge on any atom is -0.454 e. The van der Waals surface area contributed by atoms with Crippen molar-refractivity contribution in [1.82, 2.24) is 14.9 Å². The molecule has 0 spiro atoms. The number of hydrogen-bond acceptors (Lipinski definition) is 5. The lowest BCUT2D eigenvalue weighted by Crippen LogP contribution is -2.26. The average Bonchev–Trinajstić information content (AvgIpc) is 3.07. The monoisotopic (exact) mass is 323 g/mol. The molecule has 0 bridgehead atoms. The summed E-state index contributed by atoms with van der Waals surface area (Å²) in [5.41, 5.74) is 2.88. The Bertz CT molecular complexity index is 779. The number of hydrogen-bond donors (Lipinski definition) is 2. The Morgan fingerprint density at radius 2 is 2.05 bits per heavy atom. The van der Waals surface area contributed by atoms with Crippen molar-refractivity contribution in [2.75, 3.05) is 13.3 Å². The fourth-order valence-electron chi connectivity index (χ4n) is 2.38. The molecule has 2 N–H and O–H groups in total. The summed E-state index contributed by atoms with van der Waals surface area (Å²) < 4.78 is 37.6. The van der Waals surface area contributed by atoms with Crippen LogP contribution in [-0.4, -0.2) is 32.0 Å². The van der Waals surface area contributed by atoms with Gasteiger partial charge in [0.1, 0.15) is 0 Å².